The number of ether oxygens (including phenoxy) is 1. The van der Waals surface area contributed by atoms with E-state index >= 15 is 0 Å². The summed E-state index contributed by atoms with van der Waals surface area (Å²) < 4.78 is 5.97. The fourth-order valence-electron chi connectivity index (χ4n) is 4.34. The van der Waals surface area contributed by atoms with E-state index in [-0.39, 0.29) is 24.5 Å². The van der Waals surface area contributed by atoms with E-state index < -0.39 is 5.54 Å². The van der Waals surface area contributed by atoms with E-state index in [1.165, 1.54) is 0 Å². The number of piperidine rings is 1. The molecule has 2 atom stereocenters. The zero-order valence-corrected chi connectivity index (χ0v) is 16.6. The van der Waals surface area contributed by atoms with Crippen LogP contribution in [0.25, 0.3) is 0 Å². The Kier molecular flexibility index (Phi) is 5.13. The van der Waals surface area contributed by atoms with Crippen LogP contribution in [0.4, 0.5) is 0 Å². The van der Waals surface area contributed by atoms with Crippen LogP contribution in [0.5, 0.6) is 0 Å². The van der Waals surface area contributed by atoms with Gasteiger partial charge in [-0.3, -0.25) is 9.59 Å². The highest BCUT2D eigenvalue weighted by atomic mass is 35.5. The predicted molar refractivity (Wildman–Crippen MR) is 107 cm³/mol. The summed E-state index contributed by atoms with van der Waals surface area (Å²) in [5.41, 5.74) is 1.46. The van der Waals surface area contributed by atoms with E-state index in [0.717, 1.165) is 11.1 Å². The molecule has 2 aromatic rings. The van der Waals surface area contributed by atoms with Gasteiger partial charge in [0.25, 0.3) is 0 Å². The highest BCUT2D eigenvalue weighted by Crippen LogP contribution is 2.42. The number of rotatable bonds is 3. The molecule has 0 aliphatic carbocycles. The van der Waals surface area contributed by atoms with Crippen molar-refractivity contribution >= 4 is 23.4 Å². The summed E-state index contributed by atoms with van der Waals surface area (Å²) in [6.07, 6.45) is 0.730. The predicted octanol–water partition coefficient (Wildman–Crippen LogP) is 2.87. The number of nitrogens with zero attached hydrogens (tertiary/aromatic N) is 2. The summed E-state index contributed by atoms with van der Waals surface area (Å²) in [5.74, 6) is 0.0354. The van der Waals surface area contributed by atoms with Crippen LogP contribution < -0.4 is 0 Å². The summed E-state index contributed by atoms with van der Waals surface area (Å²) >= 11 is 5.93. The Morgan fingerprint density at radius 1 is 1.18 bits per heavy atom. The Labute approximate surface area is 169 Å². The van der Waals surface area contributed by atoms with Gasteiger partial charge in [0, 0.05) is 25.2 Å². The molecule has 2 fully saturated rings. The molecule has 2 heterocycles. The molecule has 5 nitrogen and oxygen atoms in total. The lowest BCUT2D eigenvalue weighted by Gasteiger charge is -2.54. The number of hydrogen-bond donors (Lipinski definition) is 0. The first kappa shape index (κ1) is 19.0. The van der Waals surface area contributed by atoms with Gasteiger partial charge in [-0.2, -0.15) is 0 Å². The minimum absolute atomic E-state index is 0.0268. The van der Waals surface area contributed by atoms with Gasteiger partial charge in [0.2, 0.25) is 11.8 Å². The van der Waals surface area contributed by atoms with Crippen LogP contribution >= 0.6 is 11.6 Å². The van der Waals surface area contributed by atoms with Crippen LogP contribution in [-0.4, -0.2) is 54.5 Å². The number of likely N-dealkylation sites (N-methyl/N-ethyl adjacent to an activating group) is 1. The summed E-state index contributed by atoms with van der Waals surface area (Å²) in [6.45, 7) is 1.10. The first-order chi connectivity index (χ1) is 13.5. The number of carbonyl (C=O) groups is 2. The quantitative estimate of drug-likeness (QED) is 0.798. The zero-order valence-electron chi connectivity index (χ0n) is 15.8. The van der Waals surface area contributed by atoms with Crippen molar-refractivity contribution in [2.45, 2.75) is 24.5 Å². The number of fused-ring (bicyclic) bond motifs is 1. The molecule has 6 heteroatoms. The van der Waals surface area contributed by atoms with Gasteiger partial charge in [-0.1, -0.05) is 54.1 Å². The topological polar surface area (TPSA) is 49.9 Å². The summed E-state index contributed by atoms with van der Waals surface area (Å²) in [5, 5.41) is 0.658. The van der Waals surface area contributed by atoms with Crippen molar-refractivity contribution in [1.29, 1.82) is 0 Å². The molecule has 0 N–H and O–H groups in total. The number of carbonyl (C=O) groups excluding carboxylic acids is 2. The molecule has 28 heavy (non-hydrogen) atoms. The van der Waals surface area contributed by atoms with Gasteiger partial charge in [-0.15, -0.1) is 0 Å². The highest BCUT2D eigenvalue weighted by molar-refractivity contribution is 6.30. The van der Waals surface area contributed by atoms with Crippen LogP contribution in [0, 0.1) is 0 Å². The molecule has 2 aliphatic heterocycles. The molecule has 2 saturated heterocycles. The normalized spacial score (nSPS) is 24.8. The zero-order chi connectivity index (χ0) is 19.7. The van der Waals surface area contributed by atoms with Crippen LogP contribution in [0.2, 0.25) is 5.02 Å². The molecule has 0 spiro atoms. The molecule has 0 aromatic heterocycles. The van der Waals surface area contributed by atoms with Crippen molar-refractivity contribution in [3.05, 3.63) is 70.7 Å². The lowest BCUT2D eigenvalue weighted by atomic mass is 9.76. The largest absolute Gasteiger partial charge is 0.364 e. The second-order valence-electron chi connectivity index (χ2n) is 7.44. The molecule has 0 saturated carbocycles. The monoisotopic (exact) mass is 398 g/mol. The second-order valence-corrected chi connectivity index (χ2v) is 7.87. The van der Waals surface area contributed by atoms with Gasteiger partial charge >= 0.3 is 0 Å². The smallest absolute Gasteiger partial charge is 0.249 e. The van der Waals surface area contributed by atoms with Crippen LogP contribution in [-0.2, 0) is 26.3 Å². The van der Waals surface area contributed by atoms with Crippen LogP contribution in [0.15, 0.2) is 54.6 Å². The summed E-state index contributed by atoms with van der Waals surface area (Å²) in [6, 6.07) is 17.3. The van der Waals surface area contributed by atoms with Crippen molar-refractivity contribution < 1.29 is 14.3 Å². The van der Waals surface area contributed by atoms with Crippen molar-refractivity contribution in [3.8, 4) is 0 Å². The molecule has 2 aromatic carbocycles. The first-order valence-corrected chi connectivity index (χ1v) is 9.84. The lowest BCUT2D eigenvalue weighted by Crippen LogP contribution is -2.67. The Hall–Kier alpha value is -2.37. The van der Waals surface area contributed by atoms with Gasteiger partial charge in [0.15, 0.2) is 0 Å². The molecule has 0 bridgehead atoms. The fourth-order valence-corrected chi connectivity index (χ4v) is 4.47. The van der Waals surface area contributed by atoms with E-state index in [1.54, 1.807) is 12.1 Å². The van der Waals surface area contributed by atoms with E-state index in [2.05, 4.69) is 0 Å². The molecule has 0 unspecified atom stereocenters. The van der Waals surface area contributed by atoms with Crippen molar-refractivity contribution in [1.82, 2.24) is 9.80 Å². The molecule has 2 aliphatic rings. The molecular formula is C22H23ClN2O3. The van der Waals surface area contributed by atoms with Gasteiger partial charge in [0.05, 0.1) is 12.0 Å². The van der Waals surface area contributed by atoms with E-state index in [0.29, 0.717) is 31.0 Å². The minimum Gasteiger partial charge on any atom is -0.364 e. The van der Waals surface area contributed by atoms with Crippen LogP contribution in [0.3, 0.4) is 0 Å². The number of hydrogen-bond acceptors (Lipinski definition) is 3. The van der Waals surface area contributed by atoms with Crippen molar-refractivity contribution in [2.24, 2.45) is 0 Å². The number of likely N-dealkylation sites (tertiary alicyclic amines) is 1. The van der Waals surface area contributed by atoms with Crippen molar-refractivity contribution in [2.75, 3.05) is 26.7 Å². The summed E-state index contributed by atoms with van der Waals surface area (Å²) in [4.78, 5) is 29.0. The van der Waals surface area contributed by atoms with E-state index in [9.17, 15) is 9.59 Å². The summed E-state index contributed by atoms with van der Waals surface area (Å²) in [7, 11) is 1.84. The average Bonchev–Trinajstić information content (AvgIpc) is 2.73. The second kappa shape index (κ2) is 7.57. The molecule has 4 rings (SSSR count). The maximum Gasteiger partial charge on any atom is 0.249 e. The fraction of sp³-hybridized carbons (Fsp3) is 0.364. The average molecular weight is 399 g/mol. The lowest BCUT2D eigenvalue weighted by molar-refractivity contribution is -0.184. The number of benzene rings is 2. The number of halogens is 1. The number of amides is 2. The highest BCUT2D eigenvalue weighted by Gasteiger charge is 2.53. The molecule has 2 amide bonds. The van der Waals surface area contributed by atoms with Crippen molar-refractivity contribution in [3.63, 3.8) is 0 Å². The Bertz CT molecular complexity index is 871. The van der Waals surface area contributed by atoms with E-state index in [4.69, 9.17) is 16.3 Å². The Morgan fingerprint density at radius 3 is 2.61 bits per heavy atom. The van der Waals surface area contributed by atoms with Crippen LogP contribution in [0.1, 0.15) is 17.5 Å². The SMILES string of the molecule is CN1C(=O)CO[C@@H]2CN(C(=O)Cc3ccc(Cl)cc3)CC[C@]21c1ccccc1. The Balaban J connectivity index is 1.56. The molecule has 146 valence electrons. The van der Waals surface area contributed by atoms with Gasteiger partial charge in [-0.05, 0) is 29.7 Å². The van der Waals surface area contributed by atoms with Gasteiger partial charge < -0.3 is 14.5 Å². The Morgan fingerprint density at radius 2 is 1.89 bits per heavy atom. The third kappa shape index (κ3) is 3.29. The van der Waals surface area contributed by atoms with E-state index in [1.807, 2.05) is 59.3 Å². The third-order valence-corrected chi connectivity index (χ3v) is 6.21. The maximum atomic E-state index is 12.9. The van der Waals surface area contributed by atoms with Gasteiger partial charge in [0.1, 0.15) is 12.7 Å². The molecule has 0 radical (unpaired) electrons. The van der Waals surface area contributed by atoms with Gasteiger partial charge in [-0.25, -0.2) is 0 Å². The maximum absolute atomic E-state index is 12.9. The minimum atomic E-state index is -0.534. The molecular weight excluding hydrogens is 376 g/mol. The first-order valence-electron chi connectivity index (χ1n) is 9.47. The standard InChI is InChI=1S/C22H23ClN2O3/c1-24-21(27)15-28-19-14-25(20(26)13-16-7-9-18(23)10-8-16)12-11-22(19,24)17-5-3-2-4-6-17/h2-10,19H,11-15H2,1H3/t19-,22+/m1/s1. The third-order valence-electron chi connectivity index (χ3n) is 5.96. The number of morpholine rings is 1.